The van der Waals surface area contributed by atoms with Gasteiger partial charge in [-0.3, -0.25) is 9.59 Å². The summed E-state index contributed by atoms with van der Waals surface area (Å²) in [5, 5.41) is 5.53. The van der Waals surface area contributed by atoms with Gasteiger partial charge >= 0.3 is 0 Å². The summed E-state index contributed by atoms with van der Waals surface area (Å²) in [6, 6.07) is 0.246. The van der Waals surface area contributed by atoms with E-state index in [0.29, 0.717) is 26.1 Å². The Morgan fingerprint density at radius 1 is 1.16 bits per heavy atom. The topological polar surface area (TPSA) is 93.5 Å². The molecule has 0 spiro atoms. The summed E-state index contributed by atoms with van der Waals surface area (Å²) in [4.78, 5) is 23.2. The fraction of sp³-hybridized carbons (Fsp3) is 0.846. The summed E-state index contributed by atoms with van der Waals surface area (Å²) >= 11 is 0. The first kappa shape index (κ1) is 15.9. The number of nitrogens with one attached hydrogen (secondary N) is 2. The first-order valence-electron chi connectivity index (χ1n) is 6.92. The average molecular weight is 271 g/mol. The molecule has 1 aliphatic carbocycles. The number of hydrogen-bond acceptors (Lipinski definition) is 4. The van der Waals surface area contributed by atoms with Crippen LogP contribution in [0.3, 0.4) is 0 Å². The second-order valence-electron chi connectivity index (χ2n) is 5.00. The van der Waals surface area contributed by atoms with Gasteiger partial charge in [-0.15, -0.1) is 0 Å². The molecule has 1 fully saturated rings. The van der Waals surface area contributed by atoms with Crippen LogP contribution in [0.4, 0.5) is 0 Å². The molecule has 0 unspecified atom stereocenters. The van der Waals surface area contributed by atoms with Crippen molar-refractivity contribution in [2.45, 2.75) is 38.1 Å². The fourth-order valence-corrected chi connectivity index (χ4v) is 2.21. The van der Waals surface area contributed by atoms with Crippen LogP contribution in [-0.2, 0) is 14.3 Å². The Balaban J connectivity index is 2.08. The Morgan fingerprint density at radius 2 is 1.84 bits per heavy atom. The molecule has 1 saturated carbocycles. The Bertz CT molecular complexity index is 289. The van der Waals surface area contributed by atoms with Crippen molar-refractivity contribution in [1.82, 2.24) is 10.6 Å². The molecule has 0 aromatic rings. The van der Waals surface area contributed by atoms with Crippen LogP contribution >= 0.6 is 0 Å². The lowest BCUT2D eigenvalue weighted by molar-refractivity contribution is -0.126. The van der Waals surface area contributed by atoms with Gasteiger partial charge < -0.3 is 21.1 Å². The lowest BCUT2D eigenvalue weighted by atomic mass is 9.86. The molecular weight excluding hydrogens is 246 g/mol. The normalized spacial score (nSPS) is 22.8. The van der Waals surface area contributed by atoms with E-state index in [0.717, 1.165) is 25.7 Å². The third-order valence-corrected chi connectivity index (χ3v) is 3.42. The number of hydrogen-bond donors (Lipinski definition) is 3. The number of carbonyl (C=O) groups is 2. The molecule has 2 amide bonds. The molecule has 0 saturated heterocycles. The molecule has 0 atom stereocenters. The van der Waals surface area contributed by atoms with Crippen molar-refractivity contribution in [2.75, 3.05) is 26.8 Å². The van der Waals surface area contributed by atoms with Crippen molar-refractivity contribution in [1.29, 1.82) is 0 Å². The maximum Gasteiger partial charge on any atom is 0.223 e. The first-order chi connectivity index (χ1) is 9.13. The Hall–Kier alpha value is -1.14. The SMILES string of the molecule is COCCNC(=O)CCNC(=O)C1CCC(N)CC1. The van der Waals surface area contributed by atoms with E-state index < -0.39 is 0 Å². The Kier molecular flexibility index (Phi) is 7.43. The molecule has 0 radical (unpaired) electrons. The van der Waals surface area contributed by atoms with Gasteiger partial charge in [0.15, 0.2) is 0 Å². The summed E-state index contributed by atoms with van der Waals surface area (Å²) in [6.07, 6.45) is 3.84. The van der Waals surface area contributed by atoms with Gasteiger partial charge in [0.1, 0.15) is 0 Å². The third-order valence-electron chi connectivity index (χ3n) is 3.42. The minimum Gasteiger partial charge on any atom is -0.383 e. The Morgan fingerprint density at radius 3 is 2.47 bits per heavy atom. The number of amides is 2. The van der Waals surface area contributed by atoms with E-state index >= 15 is 0 Å². The molecule has 0 aromatic carbocycles. The van der Waals surface area contributed by atoms with Crippen molar-refractivity contribution >= 4 is 11.8 Å². The zero-order valence-corrected chi connectivity index (χ0v) is 11.6. The van der Waals surface area contributed by atoms with E-state index in [1.165, 1.54) is 0 Å². The van der Waals surface area contributed by atoms with Crippen molar-refractivity contribution in [3.63, 3.8) is 0 Å². The van der Waals surface area contributed by atoms with Gasteiger partial charge in [-0.2, -0.15) is 0 Å². The van der Waals surface area contributed by atoms with Crippen molar-refractivity contribution in [3.05, 3.63) is 0 Å². The molecular formula is C13H25N3O3. The lowest BCUT2D eigenvalue weighted by Crippen LogP contribution is -2.38. The molecule has 0 aromatic heterocycles. The van der Waals surface area contributed by atoms with Crippen molar-refractivity contribution in [3.8, 4) is 0 Å². The minimum absolute atomic E-state index is 0.0524. The van der Waals surface area contributed by atoms with Crippen LogP contribution < -0.4 is 16.4 Å². The predicted molar refractivity (Wildman–Crippen MR) is 72.4 cm³/mol. The highest BCUT2D eigenvalue weighted by Gasteiger charge is 2.24. The summed E-state index contributed by atoms with van der Waals surface area (Å²) in [5.41, 5.74) is 5.80. The molecule has 1 aliphatic rings. The second kappa shape index (κ2) is 8.87. The summed E-state index contributed by atoms with van der Waals surface area (Å²) in [6.45, 7) is 1.39. The summed E-state index contributed by atoms with van der Waals surface area (Å²) < 4.78 is 4.83. The summed E-state index contributed by atoms with van der Waals surface area (Å²) in [7, 11) is 1.59. The van der Waals surface area contributed by atoms with E-state index in [1.54, 1.807) is 7.11 Å². The number of carbonyl (C=O) groups excluding carboxylic acids is 2. The minimum atomic E-state index is -0.0667. The van der Waals surface area contributed by atoms with Gasteiger partial charge in [0, 0.05) is 38.6 Å². The maximum absolute atomic E-state index is 11.8. The smallest absolute Gasteiger partial charge is 0.223 e. The lowest BCUT2D eigenvalue weighted by Gasteiger charge is -2.25. The molecule has 0 bridgehead atoms. The van der Waals surface area contributed by atoms with Crippen LogP contribution in [0.1, 0.15) is 32.1 Å². The van der Waals surface area contributed by atoms with Crippen LogP contribution in [0.5, 0.6) is 0 Å². The average Bonchev–Trinajstić information content (AvgIpc) is 2.39. The number of nitrogens with two attached hydrogens (primary N) is 1. The van der Waals surface area contributed by atoms with E-state index in [-0.39, 0.29) is 23.8 Å². The van der Waals surface area contributed by atoms with Gasteiger partial charge in [-0.1, -0.05) is 0 Å². The molecule has 110 valence electrons. The van der Waals surface area contributed by atoms with Crippen LogP contribution in [0, 0.1) is 5.92 Å². The maximum atomic E-state index is 11.8. The van der Waals surface area contributed by atoms with Gasteiger partial charge in [-0.25, -0.2) is 0 Å². The molecule has 1 rings (SSSR count). The first-order valence-corrected chi connectivity index (χ1v) is 6.92. The molecule has 0 aliphatic heterocycles. The third kappa shape index (κ3) is 6.54. The summed E-state index contributed by atoms with van der Waals surface area (Å²) in [5.74, 6) is 0.0518. The van der Waals surface area contributed by atoms with Gasteiger partial charge in [-0.05, 0) is 25.7 Å². The van der Waals surface area contributed by atoms with Gasteiger partial charge in [0.25, 0.3) is 0 Å². The number of ether oxygens (including phenoxy) is 1. The van der Waals surface area contributed by atoms with Crippen LogP contribution in [0.25, 0.3) is 0 Å². The second-order valence-corrected chi connectivity index (χ2v) is 5.00. The van der Waals surface area contributed by atoms with Crippen LogP contribution in [0.2, 0.25) is 0 Å². The zero-order valence-electron chi connectivity index (χ0n) is 11.6. The Labute approximate surface area is 114 Å². The zero-order chi connectivity index (χ0) is 14.1. The van der Waals surface area contributed by atoms with E-state index in [2.05, 4.69) is 10.6 Å². The largest absolute Gasteiger partial charge is 0.383 e. The predicted octanol–water partition coefficient (Wildman–Crippen LogP) is -0.227. The van der Waals surface area contributed by atoms with E-state index in [9.17, 15) is 9.59 Å². The highest BCUT2D eigenvalue weighted by Crippen LogP contribution is 2.22. The highest BCUT2D eigenvalue weighted by atomic mass is 16.5. The fourth-order valence-electron chi connectivity index (χ4n) is 2.21. The molecule has 19 heavy (non-hydrogen) atoms. The van der Waals surface area contributed by atoms with Crippen molar-refractivity contribution < 1.29 is 14.3 Å². The molecule has 6 heteroatoms. The highest BCUT2D eigenvalue weighted by molar-refractivity contribution is 5.80. The quantitative estimate of drug-likeness (QED) is 0.558. The van der Waals surface area contributed by atoms with Crippen LogP contribution in [-0.4, -0.2) is 44.7 Å². The number of rotatable bonds is 7. The van der Waals surface area contributed by atoms with Crippen LogP contribution in [0.15, 0.2) is 0 Å². The molecule has 0 heterocycles. The molecule has 4 N–H and O–H groups in total. The standard InChI is InChI=1S/C13H25N3O3/c1-19-9-8-15-12(17)6-7-16-13(18)10-2-4-11(14)5-3-10/h10-11H,2-9,14H2,1H3,(H,15,17)(H,16,18). The molecule has 6 nitrogen and oxygen atoms in total. The van der Waals surface area contributed by atoms with Gasteiger partial charge in [0.2, 0.25) is 11.8 Å². The van der Waals surface area contributed by atoms with Crippen molar-refractivity contribution in [2.24, 2.45) is 11.7 Å². The van der Waals surface area contributed by atoms with Gasteiger partial charge in [0.05, 0.1) is 6.61 Å². The monoisotopic (exact) mass is 271 g/mol. The van der Waals surface area contributed by atoms with E-state index in [4.69, 9.17) is 10.5 Å². The van der Waals surface area contributed by atoms with E-state index in [1.807, 2.05) is 0 Å². The number of methoxy groups -OCH3 is 1.